The predicted molar refractivity (Wildman–Crippen MR) is 232 cm³/mol. The van der Waals surface area contributed by atoms with Crippen LogP contribution < -0.4 is 0 Å². The minimum atomic E-state index is 0.645. The van der Waals surface area contributed by atoms with Gasteiger partial charge in [0.25, 0.3) is 0 Å². The molecule has 0 aliphatic carbocycles. The average molecular weight is 718 g/mol. The summed E-state index contributed by atoms with van der Waals surface area (Å²) in [4.78, 5) is 16.0. The maximum atomic E-state index is 5.35. The fourth-order valence-electron chi connectivity index (χ4n) is 8.21. The number of fused-ring (bicyclic) bond motifs is 7. The van der Waals surface area contributed by atoms with Crippen molar-refractivity contribution >= 4 is 63.8 Å². The molecule has 0 radical (unpaired) electrons. The monoisotopic (exact) mass is 717 g/mol. The van der Waals surface area contributed by atoms with E-state index in [0.29, 0.717) is 17.5 Å². The van der Waals surface area contributed by atoms with E-state index in [2.05, 4.69) is 182 Å². The highest BCUT2D eigenvalue weighted by Crippen LogP contribution is 2.43. The Bertz CT molecular complexity index is 3270. The summed E-state index contributed by atoms with van der Waals surface area (Å²) < 4.78 is 2.42. The minimum absolute atomic E-state index is 0.645. The molecule has 0 spiro atoms. The third-order valence-electron chi connectivity index (χ3n) is 10.8. The van der Waals surface area contributed by atoms with Crippen molar-refractivity contribution in [3.05, 3.63) is 188 Å². The molecule has 0 amide bonds. The third-order valence-corrected chi connectivity index (χ3v) is 12.0. The van der Waals surface area contributed by atoms with Crippen LogP contribution in [0.25, 0.3) is 109 Å². The quantitative estimate of drug-likeness (QED) is 0.166. The lowest BCUT2D eigenvalue weighted by atomic mass is 9.89. The van der Waals surface area contributed by atoms with Gasteiger partial charge >= 0.3 is 0 Å². The van der Waals surface area contributed by atoms with Gasteiger partial charge < -0.3 is 0 Å². The van der Waals surface area contributed by atoms with E-state index in [1.165, 1.54) is 52.8 Å². The molecule has 0 saturated carbocycles. The zero-order chi connectivity index (χ0) is 36.3. The van der Waals surface area contributed by atoms with Crippen molar-refractivity contribution in [3.63, 3.8) is 0 Å². The lowest BCUT2D eigenvalue weighted by Crippen LogP contribution is -2.02. The first-order valence-corrected chi connectivity index (χ1v) is 19.3. The summed E-state index contributed by atoms with van der Waals surface area (Å²) in [5.41, 5.74) is 7.52. The number of rotatable bonds is 5. The molecule has 3 nitrogen and oxygen atoms in total. The van der Waals surface area contributed by atoms with Gasteiger partial charge in [0, 0.05) is 36.9 Å². The first-order valence-electron chi connectivity index (χ1n) is 18.5. The van der Waals surface area contributed by atoms with Crippen LogP contribution in [0.2, 0.25) is 0 Å². The zero-order valence-electron chi connectivity index (χ0n) is 29.6. The first-order chi connectivity index (χ1) is 27.3. The summed E-state index contributed by atoms with van der Waals surface area (Å²) in [6.07, 6.45) is 0. The first kappa shape index (κ1) is 31.5. The van der Waals surface area contributed by atoms with Gasteiger partial charge in [0.05, 0.1) is 0 Å². The molecule has 0 N–H and O–H groups in total. The number of aromatic nitrogens is 3. The van der Waals surface area contributed by atoms with Crippen LogP contribution >= 0.6 is 11.3 Å². The molecule has 256 valence electrons. The van der Waals surface area contributed by atoms with Crippen molar-refractivity contribution in [2.75, 3.05) is 0 Å². The van der Waals surface area contributed by atoms with E-state index in [-0.39, 0.29) is 0 Å². The summed E-state index contributed by atoms with van der Waals surface area (Å²) in [7, 11) is 0. The van der Waals surface area contributed by atoms with E-state index < -0.39 is 0 Å². The molecule has 0 aliphatic heterocycles. The van der Waals surface area contributed by atoms with E-state index in [0.717, 1.165) is 38.6 Å². The fourth-order valence-corrected chi connectivity index (χ4v) is 9.43. The number of benzene rings is 9. The van der Waals surface area contributed by atoms with Crippen molar-refractivity contribution in [2.24, 2.45) is 0 Å². The van der Waals surface area contributed by atoms with Gasteiger partial charge in [-0.05, 0) is 78.8 Å². The molecular weight excluding hydrogens is 687 g/mol. The summed E-state index contributed by atoms with van der Waals surface area (Å²) >= 11 is 1.79. The maximum absolute atomic E-state index is 5.35. The molecule has 0 fully saturated rings. The average Bonchev–Trinajstić information content (AvgIpc) is 3.65. The Balaban J connectivity index is 1.18. The Hall–Kier alpha value is -7.01. The van der Waals surface area contributed by atoms with Crippen LogP contribution in [0.4, 0.5) is 0 Å². The smallest absolute Gasteiger partial charge is 0.165 e. The Morgan fingerprint density at radius 2 is 0.800 bits per heavy atom. The maximum Gasteiger partial charge on any atom is 0.165 e. The molecule has 0 saturated heterocycles. The lowest BCUT2D eigenvalue weighted by molar-refractivity contribution is 1.08. The SMILES string of the molecule is c1ccc(-c2ccccc2-c2nc(-c3ccc(-c4cc5ccccc5c5ccccc45)c4ccccc34)nc(-c3cccc4c3sc3ccccc34)n2)cc1. The lowest BCUT2D eigenvalue weighted by Gasteiger charge is -2.16. The van der Waals surface area contributed by atoms with Gasteiger partial charge in [-0.2, -0.15) is 0 Å². The number of hydrogen-bond acceptors (Lipinski definition) is 4. The number of nitrogens with zero attached hydrogens (tertiary/aromatic N) is 3. The molecule has 11 rings (SSSR count). The molecular formula is C51H31N3S. The van der Waals surface area contributed by atoms with Gasteiger partial charge in [0.15, 0.2) is 17.5 Å². The summed E-state index contributed by atoms with van der Waals surface area (Å²) in [5.74, 6) is 1.95. The zero-order valence-corrected chi connectivity index (χ0v) is 30.5. The Morgan fingerprint density at radius 1 is 0.291 bits per heavy atom. The van der Waals surface area contributed by atoms with Crippen LogP contribution in [0.3, 0.4) is 0 Å². The van der Waals surface area contributed by atoms with Gasteiger partial charge in [-0.25, -0.2) is 15.0 Å². The van der Waals surface area contributed by atoms with Crippen LogP contribution in [0.15, 0.2) is 188 Å². The van der Waals surface area contributed by atoms with E-state index in [9.17, 15) is 0 Å². The van der Waals surface area contributed by atoms with Crippen LogP contribution in [-0.4, -0.2) is 15.0 Å². The van der Waals surface area contributed by atoms with Crippen LogP contribution in [0.1, 0.15) is 0 Å². The second-order valence-electron chi connectivity index (χ2n) is 13.9. The van der Waals surface area contributed by atoms with Crippen molar-refractivity contribution in [2.45, 2.75) is 0 Å². The highest BCUT2D eigenvalue weighted by molar-refractivity contribution is 7.26. The van der Waals surface area contributed by atoms with Gasteiger partial charge in [0.1, 0.15) is 0 Å². The van der Waals surface area contributed by atoms with Gasteiger partial charge in [0.2, 0.25) is 0 Å². The Morgan fingerprint density at radius 3 is 1.58 bits per heavy atom. The van der Waals surface area contributed by atoms with E-state index in [4.69, 9.17) is 15.0 Å². The van der Waals surface area contributed by atoms with Crippen molar-refractivity contribution < 1.29 is 0 Å². The molecule has 55 heavy (non-hydrogen) atoms. The van der Waals surface area contributed by atoms with E-state index in [1.807, 2.05) is 6.07 Å². The summed E-state index contributed by atoms with van der Waals surface area (Å²) in [5, 5.41) is 9.68. The summed E-state index contributed by atoms with van der Waals surface area (Å²) in [6, 6.07) is 66.8. The van der Waals surface area contributed by atoms with Gasteiger partial charge in [-0.3, -0.25) is 0 Å². The van der Waals surface area contributed by atoms with Gasteiger partial charge in [-0.15, -0.1) is 11.3 Å². The molecule has 11 aromatic rings. The highest BCUT2D eigenvalue weighted by atomic mass is 32.1. The summed E-state index contributed by atoms with van der Waals surface area (Å²) in [6.45, 7) is 0. The minimum Gasteiger partial charge on any atom is -0.208 e. The molecule has 0 unspecified atom stereocenters. The van der Waals surface area contributed by atoms with E-state index >= 15 is 0 Å². The normalized spacial score (nSPS) is 11.6. The molecule has 0 aliphatic rings. The fraction of sp³-hybridized carbons (Fsp3) is 0. The molecule has 0 bridgehead atoms. The molecule has 0 atom stereocenters. The van der Waals surface area contributed by atoms with E-state index in [1.54, 1.807) is 11.3 Å². The largest absolute Gasteiger partial charge is 0.208 e. The Kier molecular flexibility index (Phi) is 7.35. The molecule has 2 heterocycles. The molecule has 4 heteroatoms. The Labute approximate surface area is 321 Å². The third kappa shape index (κ3) is 5.22. The number of hydrogen-bond donors (Lipinski definition) is 0. The van der Waals surface area contributed by atoms with Crippen molar-refractivity contribution in [1.82, 2.24) is 15.0 Å². The van der Waals surface area contributed by atoms with Crippen LogP contribution in [-0.2, 0) is 0 Å². The van der Waals surface area contributed by atoms with Crippen LogP contribution in [0.5, 0.6) is 0 Å². The van der Waals surface area contributed by atoms with Gasteiger partial charge in [-0.1, -0.05) is 164 Å². The van der Waals surface area contributed by atoms with Crippen molar-refractivity contribution in [1.29, 1.82) is 0 Å². The van der Waals surface area contributed by atoms with Crippen LogP contribution in [0, 0.1) is 0 Å². The second-order valence-corrected chi connectivity index (χ2v) is 14.9. The highest BCUT2D eigenvalue weighted by Gasteiger charge is 2.20. The van der Waals surface area contributed by atoms with Crippen molar-refractivity contribution in [3.8, 4) is 56.4 Å². The standard InChI is InChI=1S/C51H31N3S/c1-2-15-32(16-3-1)34-18-6-11-25-43(34)49-52-50(54-51(53-49)45-27-14-26-42-41-24-12-13-28-47(41)55-48(42)45)44-30-29-40(37-21-8-9-22-38(37)44)46-31-33-17-4-5-19-35(33)36-20-7-10-23-39(36)46/h1-31H. The topological polar surface area (TPSA) is 38.7 Å². The second kappa shape index (κ2) is 12.8. The predicted octanol–water partition coefficient (Wildman–Crippen LogP) is 14.0. The molecule has 9 aromatic carbocycles. The number of thiophene rings is 1. The molecule has 2 aromatic heterocycles.